The first-order valence-electron chi connectivity index (χ1n) is 7.05. The third kappa shape index (κ3) is 2.33. The molecule has 0 bridgehead atoms. The molecule has 0 amide bonds. The first-order chi connectivity index (χ1) is 9.79. The van der Waals surface area contributed by atoms with E-state index in [1.54, 1.807) is 0 Å². The molecule has 1 unspecified atom stereocenters. The summed E-state index contributed by atoms with van der Waals surface area (Å²) in [6.45, 7) is 2.17. The van der Waals surface area contributed by atoms with Crippen LogP contribution in [0.25, 0.3) is 21.9 Å². The zero-order valence-electron chi connectivity index (χ0n) is 11.9. The number of rotatable bonds is 3. The van der Waals surface area contributed by atoms with E-state index in [0.717, 1.165) is 0 Å². The third-order valence-electron chi connectivity index (χ3n) is 3.94. The van der Waals surface area contributed by atoms with Crippen molar-refractivity contribution in [2.45, 2.75) is 13.0 Å². The molecule has 3 aromatic rings. The molecule has 0 spiro atoms. The Bertz CT molecular complexity index is 708. The van der Waals surface area contributed by atoms with Gasteiger partial charge in [0.15, 0.2) is 0 Å². The Morgan fingerprint density at radius 1 is 0.800 bits per heavy atom. The topological polar surface area (TPSA) is 12.0 Å². The van der Waals surface area contributed by atoms with Crippen LogP contribution in [0.15, 0.2) is 66.7 Å². The molecule has 0 aliphatic heterocycles. The second kappa shape index (κ2) is 5.48. The van der Waals surface area contributed by atoms with Gasteiger partial charge in [-0.25, -0.2) is 0 Å². The van der Waals surface area contributed by atoms with Gasteiger partial charge in [-0.2, -0.15) is 0 Å². The van der Waals surface area contributed by atoms with Gasteiger partial charge in [0.05, 0.1) is 0 Å². The van der Waals surface area contributed by atoms with E-state index < -0.39 is 0 Å². The normalized spacial score (nSPS) is 12.5. The van der Waals surface area contributed by atoms with Crippen molar-refractivity contribution in [3.8, 4) is 11.1 Å². The van der Waals surface area contributed by atoms with Gasteiger partial charge >= 0.3 is 0 Å². The minimum Gasteiger partial charge on any atom is -0.313 e. The molecule has 0 saturated heterocycles. The molecule has 100 valence electrons. The van der Waals surface area contributed by atoms with Crippen molar-refractivity contribution >= 4 is 10.8 Å². The lowest BCUT2D eigenvalue weighted by Gasteiger charge is -2.12. The molecule has 0 fully saturated rings. The van der Waals surface area contributed by atoms with E-state index in [9.17, 15) is 0 Å². The van der Waals surface area contributed by atoms with Crippen LogP contribution in [0.1, 0.15) is 18.5 Å². The lowest BCUT2D eigenvalue weighted by atomic mass is 9.96. The van der Waals surface area contributed by atoms with Crippen molar-refractivity contribution in [2.24, 2.45) is 0 Å². The minimum atomic E-state index is 0.386. The first-order valence-corrected chi connectivity index (χ1v) is 7.05. The van der Waals surface area contributed by atoms with E-state index >= 15 is 0 Å². The molecular weight excluding hydrogens is 242 g/mol. The molecule has 3 aromatic carbocycles. The van der Waals surface area contributed by atoms with Crippen LogP contribution in [-0.2, 0) is 0 Å². The fourth-order valence-corrected chi connectivity index (χ4v) is 2.60. The van der Waals surface area contributed by atoms with Gasteiger partial charge in [0, 0.05) is 6.04 Å². The van der Waals surface area contributed by atoms with Crippen molar-refractivity contribution in [3.63, 3.8) is 0 Å². The van der Waals surface area contributed by atoms with Crippen molar-refractivity contribution in [1.82, 2.24) is 5.32 Å². The molecule has 0 radical (unpaired) electrons. The highest BCUT2D eigenvalue weighted by molar-refractivity contribution is 5.96. The Labute approximate surface area is 120 Å². The van der Waals surface area contributed by atoms with Gasteiger partial charge in [0.1, 0.15) is 0 Å². The molecular formula is C19H19N. The minimum absolute atomic E-state index is 0.386. The summed E-state index contributed by atoms with van der Waals surface area (Å²) in [6, 6.07) is 24.2. The van der Waals surface area contributed by atoms with Crippen LogP contribution >= 0.6 is 0 Å². The molecule has 3 rings (SSSR count). The number of fused-ring (bicyclic) bond motifs is 1. The molecule has 1 atom stereocenters. The molecule has 0 aliphatic carbocycles. The van der Waals surface area contributed by atoms with Crippen LogP contribution < -0.4 is 5.32 Å². The number of benzene rings is 3. The van der Waals surface area contributed by atoms with E-state index in [-0.39, 0.29) is 0 Å². The standard InChI is InChI=1S/C19H19N/c1-14(20-2)15-10-12-17(13-11-15)19-9-5-7-16-6-3-4-8-18(16)19/h3-14,20H,1-2H3. The predicted octanol–water partition coefficient (Wildman–Crippen LogP) is 4.79. The van der Waals surface area contributed by atoms with E-state index in [0.29, 0.717) is 6.04 Å². The van der Waals surface area contributed by atoms with Crippen LogP contribution in [0.4, 0.5) is 0 Å². The number of hydrogen-bond donors (Lipinski definition) is 1. The number of hydrogen-bond acceptors (Lipinski definition) is 1. The fourth-order valence-electron chi connectivity index (χ4n) is 2.60. The average Bonchev–Trinajstić information content (AvgIpc) is 2.54. The van der Waals surface area contributed by atoms with Gasteiger partial charge < -0.3 is 5.32 Å². The smallest absolute Gasteiger partial charge is 0.0289 e. The zero-order valence-corrected chi connectivity index (χ0v) is 11.9. The molecule has 1 nitrogen and oxygen atoms in total. The van der Waals surface area contributed by atoms with Gasteiger partial charge in [-0.15, -0.1) is 0 Å². The van der Waals surface area contributed by atoms with E-state index in [1.807, 2.05) is 7.05 Å². The van der Waals surface area contributed by atoms with Gasteiger partial charge in [0.25, 0.3) is 0 Å². The summed E-state index contributed by atoms with van der Waals surface area (Å²) in [7, 11) is 1.99. The third-order valence-corrected chi connectivity index (χ3v) is 3.94. The van der Waals surface area contributed by atoms with Crippen molar-refractivity contribution in [1.29, 1.82) is 0 Å². The largest absolute Gasteiger partial charge is 0.313 e. The maximum Gasteiger partial charge on any atom is 0.0289 e. The summed E-state index contributed by atoms with van der Waals surface area (Å²) >= 11 is 0. The Morgan fingerprint density at radius 2 is 1.50 bits per heavy atom. The molecule has 0 aromatic heterocycles. The molecule has 0 saturated carbocycles. The molecule has 1 heteroatoms. The molecule has 20 heavy (non-hydrogen) atoms. The Kier molecular flexibility index (Phi) is 3.53. The van der Waals surface area contributed by atoms with Crippen LogP contribution in [0, 0.1) is 0 Å². The monoisotopic (exact) mass is 261 g/mol. The second-order valence-electron chi connectivity index (χ2n) is 5.16. The summed E-state index contributed by atoms with van der Waals surface area (Å²) in [5.74, 6) is 0. The highest BCUT2D eigenvalue weighted by Gasteiger charge is 2.05. The van der Waals surface area contributed by atoms with Crippen molar-refractivity contribution in [2.75, 3.05) is 7.05 Å². The van der Waals surface area contributed by atoms with E-state index in [2.05, 4.69) is 79.0 Å². The van der Waals surface area contributed by atoms with Gasteiger partial charge in [0.2, 0.25) is 0 Å². The molecule has 0 heterocycles. The predicted molar refractivity (Wildman–Crippen MR) is 86.9 cm³/mol. The molecule has 0 aliphatic rings. The Morgan fingerprint density at radius 3 is 2.25 bits per heavy atom. The van der Waals surface area contributed by atoms with Crippen LogP contribution in [0.2, 0.25) is 0 Å². The highest BCUT2D eigenvalue weighted by atomic mass is 14.8. The second-order valence-corrected chi connectivity index (χ2v) is 5.16. The van der Waals surface area contributed by atoms with Crippen molar-refractivity contribution < 1.29 is 0 Å². The summed E-state index contributed by atoms with van der Waals surface area (Å²) < 4.78 is 0. The summed E-state index contributed by atoms with van der Waals surface area (Å²) in [5, 5.41) is 5.87. The highest BCUT2D eigenvalue weighted by Crippen LogP contribution is 2.29. The lowest BCUT2D eigenvalue weighted by Crippen LogP contribution is -2.11. The molecule has 1 N–H and O–H groups in total. The Balaban J connectivity index is 2.07. The summed E-state index contributed by atoms with van der Waals surface area (Å²) in [4.78, 5) is 0. The summed E-state index contributed by atoms with van der Waals surface area (Å²) in [6.07, 6.45) is 0. The maximum absolute atomic E-state index is 3.27. The van der Waals surface area contributed by atoms with Crippen LogP contribution in [0.5, 0.6) is 0 Å². The quantitative estimate of drug-likeness (QED) is 0.715. The van der Waals surface area contributed by atoms with E-state index in [4.69, 9.17) is 0 Å². The van der Waals surface area contributed by atoms with Crippen molar-refractivity contribution in [3.05, 3.63) is 72.3 Å². The van der Waals surface area contributed by atoms with Gasteiger partial charge in [-0.3, -0.25) is 0 Å². The first kappa shape index (κ1) is 12.9. The fraction of sp³-hybridized carbons (Fsp3) is 0.158. The zero-order chi connectivity index (χ0) is 13.9. The lowest BCUT2D eigenvalue weighted by molar-refractivity contribution is 0.652. The van der Waals surface area contributed by atoms with Crippen LogP contribution in [0.3, 0.4) is 0 Å². The van der Waals surface area contributed by atoms with Gasteiger partial charge in [-0.1, -0.05) is 66.7 Å². The number of nitrogens with one attached hydrogen (secondary N) is 1. The summed E-state index contributed by atoms with van der Waals surface area (Å²) in [5.41, 5.74) is 3.89. The van der Waals surface area contributed by atoms with Gasteiger partial charge in [-0.05, 0) is 41.4 Å². The van der Waals surface area contributed by atoms with Crippen LogP contribution in [-0.4, -0.2) is 7.05 Å². The maximum atomic E-state index is 3.27. The average molecular weight is 261 g/mol. The van der Waals surface area contributed by atoms with E-state index in [1.165, 1.54) is 27.5 Å². The Hall–Kier alpha value is -2.12. The SMILES string of the molecule is CNC(C)c1ccc(-c2cccc3ccccc23)cc1.